The van der Waals surface area contributed by atoms with Crippen LogP contribution in [-0.4, -0.2) is 81.9 Å². The summed E-state index contributed by atoms with van der Waals surface area (Å²) in [6, 6.07) is 13.8. The van der Waals surface area contributed by atoms with E-state index >= 15 is 8.78 Å². The average Bonchev–Trinajstić information content (AvgIpc) is 1.51. The Morgan fingerprint density at radius 2 is 1.03 bits per heavy atom. The molecule has 12 rings (SSSR count). The molecule has 6 fully saturated rings. The predicted molar refractivity (Wildman–Crippen MR) is 335 cm³/mol. The number of nitrogens with zero attached hydrogens (tertiary/aromatic N) is 2. The number of rotatable bonds is 10. The molecule has 1 unspecified atom stereocenters. The third-order valence-electron chi connectivity index (χ3n) is 21.2. The molecule has 0 radical (unpaired) electrons. The summed E-state index contributed by atoms with van der Waals surface area (Å²) in [5.41, 5.74) is 15.5. The number of hydrogen-bond acceptors (Lipinski definition) is 11. The monoisotopic (exact) mass is 1310 g/mol. The fourth-order valence-corrected chi connectivity index (χ4v) is 17.5. The van der Waals surface area contributed by atoms with Gasteiger partial charge in [-0.3, -0.25) is 28.8 Å². The van der Waals surface area contributed by atoms with Crippen LogP contribution >= 0.6 is 58.8 Å². The van der Waals surface area contributed by atoms with Crippen LogP contribution in [0.25, 0.3) is 0 Å². The maximum atomic E-state index is 16.1. The number of hydrogen-bond donors (Lipinski definition) is 6. The van der Waals surface area contributed by atoms with Crippen molar-refractivity contribution in [3.63, 3.8) is 0 Å². The zero-order valence-electron chi connectivity index (χ0n) is 49.8. The zero-order chi connectivity index (χ0) is 62.8. The van der Waals surface area contributed by atoms with E-state index < -0.39 is 68.8 Å². The second kappa shape index (κ2) is 25.9. The molecule has 8 aliphatic rings. The summed E-state index contributed by atoms with van der Waals surface area (Å²) in [6.07, 6.45) is 13.5. The highest BCUT2D eigenvalue weighted by atomic mass is 35.5. The number of aliphatic carboxylic acids is 1. The van der Waals surface area contributed by atoms with E-state index in [2.05, 4.69) is 48.3 Å². The Balaban J connectivity index is 0.000000181. The van der Waals surface area contributed by atoms with Crippen LogP contribution in [0.15, 0.2) is 60.9 Å². The van der Waals surface area contributed by atoms with Crippen molar-refractivity contribution in [2.75, 3.05) is 23.8 Å². The third kappa shape index (κ3) is 12.3. The molecule has 4 spiro atoms. The van der Waals surface area contributed by atoms with Gasteiger partial charge in [-0.2, -0.15) is 0 Å². The SMILES string of the molecule is CC1(C)CCC2(CC1)C[C@@H](C(=O)C[C@@H]1CC[C@@H](CC(N)=O)OC1)[C@H](c1ccnc(Cl)c1F)[C@]21C(=O)Nc2cc(Cl)ccc21.CC1(C)CCC2(CC1)C[C@@H](C(=O)O)[C@H](c1ccnc(Cl)c1F)C21C(=O)Nc2cc(Cl)ccc21.Cl.NC(=O)C[C@@H]1CC[C@@H](N)CO1. The van der Waals surface area contributed by atoms with Crippen LogP contribution in [0.5, 0.6) is 0 Å². The van der Waals surface area contributed by atoms with Gasteiger partial charge < -0.3 is 42.4 Å². The highest BCUT2D eigenvalue weighted by Gasteiger charge is 2.74. The van der Waals surface area contributed by atoms with E-state index in [1.54, 1.807) is 36.4 Å². The second-order valence-corrected chi connectivity index (χ2v) is 29.0. The maximum Gasteiger partial charge on any atom is 0.307 e. The van der Waals surface area contributed by atoms with Gasteiger partial charge in [0.15, 0.2) is 21.9 Å². The van der Waals surface area contributed by atoms with E-state index in [1.165, 1.54) is 18.5 Å². The number of aromatic nitrogens is 2. The van der Waals surface area contributed by atoms with Crippen LogP contribution < -0.4 is 27.8 Å². The Bertz CT molecular complexity index is 3360. The van der Waals surface area contributed by atoms with Crippen LogP contribution in [-0.2, 0) is 49.1 Å². The summed E-state index contributed by atoms with van der Waals surface area (Å²) in [6.45, 7) is 9.76. The summed E-state index contributed by atoms with van der Waals surface area (Å²) >= 11 is 24.9. The number of ketones is 1. The Labute approximate surface area is 538 Å². The highest BCUT2D eigenvalue weighted by Crippen LogP contribution is 2.74. The molecule has 23 heteroatoms. The highest BCUT2D eigenvalue weighted by molar-refractivity contribution is 6.32. The van der Waals surface area contributed by atoms with Gasteiger partial charge in [0.05, 0.1) is 55.0 Å². The normalized spacial score (nSPS) is 30.0. The van der Waals surface area contributed by atoms with Crippen molar-refractivity contribution in [3.05, 3.63) is 115 Å². The minimum absolute atomic E-state index is 0. The molecule has 2 saturated heterocycles. The van der Waals surface area contributed by atoms with Crippen molar-refractivity contribution < 1.29 is 52.1 Å². The van der Waals surface area contributed by atoms with Gasteiger partial charge in [0.1, 0.15) is 5.78 Å². The molecule has 476 valence electrons. The van der Waals surface area contributed by atoms with E-state index in [0.717, 1.165) is 63.4 Å². The molecule has 16 nitrogen and oxygen atoms in total. The summed E-state index contributed by atoms with van der Waals surface area (Å²) in [4.78, 5) is 85.3. The topological polar surface area (TPSA) is 269 Å². The van der Waals surface area contributed by atoms with Gasteiger partial charge >= 0.3 is 5.97 Å². The first kappa shape index (κ1) is 67.3. The Hall–Kier alpha value is -5.05. The molecule has 10 atom stereocenters. The molecule has 6 heterocycles. The molecule has 4 amide bonds. The van der Waals surface area contributed by atoms with E-state index in [4.69, 9.17) is 73.1 Å². The van der Waals surface area contributed by atoms with Crippen molar-refractivity contribution in [2.45, 2.75) is 178 Å². The lowest BCUT2D eigenvalue weighted by Crippen LogP contribution is -2.52. The molecule has 4 aromatic rings. The molecule has 4 aliphatic heterocycles. The van der Waals surface area contributed by atoms with E-state index in [0.29, 0.717) is 72.3 Å². The molecular weight excluding hydrogens is 1240 g/mol. The smallest absolute Gasteiger partial charge is 0.307 e. The molecule has 9 N–H and O–H groups in total. The Morgan fingerprint density at radius 3 is 1.43 bits per heavy atom. The van der Waals surface area contributed by atoms with Gasteiger partial charge in [0.25, 0.3) is 0 Å². The molecular formula is C65H78Cl5F2N7O9. The second-order valence-electron chi connectivity index (χ2n) is 27.4. The molecule has 0 bridgehead atoms. The number of pyridine rings is 2. The number of ether oxygens (including phenoxy) is 2. The van der Waals surface area contributed by atoms with Gasteiger partial charge in [-0.1, -0.05) is 86.2 Å². The number of Topliss-reactive ketones (excluding diaryl/α,β-unsaturated/α-hetero) is 1. The molecule has 88 heavy (non-hydrogen) atoms. The summed E-state index contributed by atoms with van der Waals surface area (Å²) in [5.74, 6) is -7.04. The van der Waals surface area contributed by atoms with Crippen molar-refractivity contribution in [3.8, 4) is 0 Å². The predicted octanol–water partition coefficient (Wildman–Crippen LogP) is 12.7. The Kier molecular flexibility index (Phi) is 19.8. The van der Waals surface area contributed by atoms with Crippen molar-refractivity contribution in [1.82, 2.24) is 9.97 Å². The lowest BCUT2D eigenvalue weighted by molar-refractivity contribution is -0.142. The number of carbonyl (C=O) groups excluding carboxylic acids is 5. The summed E-state index contributed by atoms with van der Waals surface area (Å²) in [7, 11) is 0. The zero-order valence-corrected chi connectivity index (χ0v) is 53.7. The van der Waals surface area contributed by atoms with Crippen molar-refractivity contribution >= 4 is 106 Å². The Morgan fingerprint density at radius 1 is 0.614 bits per heavy atom. The minimum Gasteiger partial charge on any atom is -0.481 e. The van der Waals surface area contributed by atoms with E-state index in [1.807, 2.05) is 6.07 Å². The van der Waals surface area contributed by atoms with Gasteiger partial charge in [-0.25, -0.2) is 18.7 Å². The fourth-order valence-electron chi connectivity index (χ4n) is 16.8. The number of benzene rings is 2. The molecule has 4 aliphatic carbocycles. The number of carboxylic acids is 1. The first-order valence-corrected chi connectivity index (χ1v) is 31.7. The van der Waals surface area contributed by atoms with Crippen LogP contribution in [0.4, 0.5) is 20.2 Å². The number of carbonyl (C=O) groups is 6. The van der Waals surface area contributed by atoms with E-state index in [-0.39, 0.29) is 112 Å². The number of amides is 4. The van der Waals surface area contributed by atoms with E-state index in [9.17, 15) is 33.9 Å². The number of halogens is 7. The quantitative estimate of drug-likeness (QED) is 0.0810. The molecule has 2 aromatic heterocycles. The standard InChI is InChI=1S/C33H38Cl2FN3O4.C25H25Cl2FN2O3.C7H14N2O2.ClH/c1-31(2)8-10-32(11-9-31)16-22(25(40)13-18-3-5-20(43-17-18)15-26(37)41)27(21-7-12-38-29(35)28(21)36)33(32)23-6-4-19(34)14-24(23)39-30(33)42;1-23(2)6-8-24(9-7-23)12-15(21(31)32)18(14-5-10-29-20(27)19(14)28)25(24)16-4-3-13(26)11-17(16)30-22(25)33;8-5-1-2-6(11-4-5)3-7(9)10;/h4,6-7,12,14,18,20,22,27H,3,5,8-11,13,15-17H2,1-2H3,(H2,37,41)(H,39,42);3-5,10-11,15,18H,6-9,12H2,1-2H3,(H,30,33)(H,31,32);5-6H,1-4,8H2,(H2,9,10);1H/t18-,20-,22-,27-,33+;15-,18+,25?;5-,6+;/m011./s1. The first-order chi connectivity index (χ1) is 41.1. The largest absolute Gasteiger partial charge is 0.481 e. The summed E-state index contributed by atoms with van der Waals surface area (Å²) < 4.78 is 42.7. The summed E-state index contributed by atoms with van der Waals surface area (Å²) in [5, 5.41) is 16.7. The van der Waals surface area contributed by atoms with Gasteiger partial charge in [0.2, 0.25) is 23.6 Å². The molecule has 2 aromatic carbocycles. The van der Waals surface area contributed by atoms with Crippen LogP contribution in [0, 0.1) is 51.0 Å². The lowest BCUT2D eigenvalue weighted by Gasteiger charge is -2.51. The van der Waals surface area contributed by atoms with Crippen LogP contribution in [0.3, 0.4) is 0 Å². The number of anilines is 2. The number of fused-ring (bicyclic) bond motifs is 6. The van der Waals surface area contributed by atoms with Crippen molar-refractivity contribution in [2.24, 2.45) is 56.6 Å². The van der Waals surface area contributed by atoms with Crippen molar-refractivity contribution in [1.29, 1.82) is 0 Å². The number of nitrogens with two attached hydrogens (primary N) is 3. The van der Waals surface area contributed by atoms with Crippen LogP contribution in [0.1, 0.15) is 171 Å². The van der Waals surface area contributed by atoms with Gasteiger partial charge in [-0.15, -0.1) is 12.4 Å². The first-order valence-electron chi connectivity index (χ1n) is 30.2. The van der Waals surface area contributed by atoms with Crippen LogP contribution in [0.2, 0.25) is 20.4 Å². The fraction of sp³-hybridized carbons (Fsp3) is 0.569. The lowest BCUT2D eigenvalue weighted by atomic mass is 9.51. The minimum atomic E-state index is -1.25. The maximum absolute atomic E-state index is 16.1. The number of carboxylic acid groups (broad SMARTS) is 1. The van der Waals surface area contributed by atoms with Gasteiger partial charge in [0, 0.05) is 64.0 Å². The van der Waals surface area contributed by atoms with Gasteiger partial charge in [-0.05, 0) is 176 Å². The molecule has 4 saturated carbocycles. The third-order valence-corrected chi connectivity index (χ3v) is 22.1. The number of primary amides is 2. The average molecular weight is 1320 g/mol. The number of nitrogens with one attached hydrogen (secondary N) is 2.